The number of anilines is 2. The molecule has 0 spiro atoms. The van der Waals surface area contributed by atoms with Gasteiger partial charge < -0.3 is 16.2 Å². The van der Waals surface area contributed by atoms with E-state index in [4.69, 9.17) is 10.8 Å². The molecule has 0 aliphatic carbocycles. The van der Waals surface area contributed by atoms with E-state index in [0.717, 1.165) is 5.13 Å². The average molecular weight is 201 g/mol. The second kappa shape index (κ2) is 4.43. The lowest BCUT2D eigenvalue weighted by Crippen LogP contribution is -2.20. The number of thiazole rings is 1. The number of nitrogen functional groups attached to an aromatic ring is 1. The lowest BCUT2D eigenvalue weighted by molar-refractivity contribution is 0.179. The quantitative estimate of drug-likeness (QED) is 0.686. The first-order valence-electron chi connectivity index (χ1n) is 4.24. The highest BCUT2D eigenvalue weighted by molar-refractivity contribution is 7.19. The maximum atomic E-state index is 9.12. The van der Waals surface area contributed by atoms with Crippen molar-refractivity contribution in [3.8, 4) is 0 Å². The molecule has 1 aromatic rings. The molecule has 0 aliphatic heterocycles. The fourth-order valence-electron chi connectivity index (χ4n) is 1.13. The second-order valence-corrected chi connectivity index (χ2v) is 4.26. The van der Waals surface area contributed by atoms with Crippen LogP contribution in [0.15, 0.2) is 6.20 Å². The van der Waals surface area contributed by atoms with E-state index >= 15 is 0 Å². The Morgan fingerprint density at radius 3 is 2.85 bits per heavy atom. The molecule has 0 fully saturated rings. The van der Waals surface area contributed by atoms with Gasteiger partial charge in [0.2, 0.25) is 0 Å². The Morgan fingerprint density at radius 1 is 1.69 bits per heavy atom. The van der Waals surface area contributed by atoms with Gasteiger partial charge >= 0.3 is 0 Å². The molecule has 74 valence electrons. The number of hydrogen-bond acceptors (Lipinski definition) is 5. The molecule has 0 radical (unpaired) electrons. The van der Waals surface area contributed by atoms with Gasteiger partial charge in [0.15, 0.2) is 5.13 Å². The molecule has 1 rings (SSSR count). The molecule has 1 aromatic heterocycles. The van der Waals surface area contributed by atoms with Crippen LogP contribution in [0, 0.1) is 0 Å². The summed E-state index contributed by atoms with van der Waals surface area (Å²) in [7, 11) is 0. The summed E-state index contributed by atoms with van der Waals surface area (Å²) >= 11 is 1.42. The predicted octanol–water partition coefficient (Wildman–Crippen LogP) is 1.30. The first-order chi connectivity index (χ1) is 6.08. The van der Waals surface area contributed by atoms with Crippen LogP contribution >= 0.6 is 11.3 Å². The number of nitrogens with one attached hydrogen (secondary N) is 1. The van der Waals surface area contributed by atoms with Crippen LogP contribution in [0.2, 0.25) is 0 Å². The summed E-state index contributed by atoms with van der Waals surface area (Å²) in [5.74, 6) is 0. The first-order valence-corrected chi connectivity index (χ1v) is 5.05. The summed E-state index contributed by atoms with van der Waals surface area (Å²) in [4.78, 5) is 4.06. The van der Waals surface area contributed by atoms with Gasteiger partial charge in [-0.15, -0.1) is 0 Å². The molecule has 4 N–H and O–H groups in total. The van der Waals surface area contributed by atoms with Gasteiger partial charge in [-0.1, -0.05) is 11.3 Å². The molecule has 0 saturated heterocycles. The van der Waals surface area contributed by atoms with E-state index in [2.05, 4.69) is 10.3 Å². The molecule has 13 heavy (non-hydrogen) atoms. The van der Waals surface area contributed by atoms with E-state index < -0.39 is 0 Å². The molecule has 0 aromatic carbocycles. The van der Waals surface area contributed by atoms with E-state index in [1.807, 2.05) is 6.92 Å². The number of aliphatic hydroxyl groups excluding tert-OH is 1. The van der Waals surface area contributed by atoms with Crippen molar-refractivity contribution in [3.63, 3.8) is 0 Å². The topological polar surface area (TPSA) is 71.2 Å². The second-order valence-electron chi connectivity index (χ2n) is 3.20. The van der Waals surface area contributed by atoms with E-state index in [0.29, 0.717) is 11.4 Å². The highest BCUT2D eigenvalue weighted by Gasteiger charge is 2.07. The molecular weight excluding hydrogens is 186 g/mol. The smallest absolute Gasteiger partial charge is 0.184 e. The minimum absolute atomic E-state index is 0.213. The average Bonchev–Trinajstić information content (AvgIpc) is 2.33. The zero-order valence-electron chi connectivity index (χ0n) is 7.82. The number of aliphatic hydroxyl groups is 1. The van der Waals surface area contributed by atoms with Gasteiger partial charge in [0.05, 0.1) is 12.3 Å². The van der Waals surface area contributed by atoms with Gasteiger partial charge in [0.25, 0.3) is 0 Å². The Bertz CT molecular complexity index is 262. The molecule has 2 atom stereocenters. The Morgan fingerprint density at radius 2 is 2.38 bits per heavy atom. The molecule has 1 heterocycles. The number of nitrogens with zero attached hydrogens (tertiary/aromatic N) is 1. The number of nitrogens with two attached hydrogens (primary N) is 1. The minimum atomic E-state index is -0.292. The number of hydrogen-bond donors (Lipinski definition) is 3. The van der Waals surface area contributed by atoms with Crippen molar-refractivity contribution in [2.24, 2.45) is 0 Å². The molecular formula is C8H15N3OS. The van der Waals surface area contributed by atoms with Crippen molar-refractivity contribution in [1.29, 1.82) is 0 Å². The zero-order valence-corrected chi connectivity index (χ0v) is 8.64. The van der Waals surface area contributed by atoms with Crippen LogP contribution in [0.4, 0.5) is 10.1 Å². The molecule has 0 bridgehead atoms. The van der Waals surface area contributed by atoms with Crippen molar-refractivity contribution in [3.05, 3.63) is 6.20 Å². The lowest BCUT2D eigenvalue weighted by atomic mass is 10.2. The summed E-state index contributed by atoms with van der Waals surface area (Å²) in [6, 6.07) is 0.213. The van der Waals surface area contributed by atoms with Crippen LogP contribution in [0.25, 0.3) is 0 Å². The summed E-state index contributed by atoms with van der Waals surface area (Å²) in [5.41, 5.74) is 5.52. The van der Waals surface area contributed by atoms with Crippen molar-refractivity contribution >= 4 is 21.5 Å². The third kappa shape index (κ3) is 3.61. The standard InChI is InChI=1S/C8H15N3OS/c1-5(3-6(2)12)11-8-10-4-7(9)13-8/h4-6,12H,3,9H2,1-2H3,(H,10,11). The maximum Gasteiger partial charge on any atom is 0.184 e. The summed E-state index contributed by atoms with van der Waals surface area (Å²) < 4.78 is 0. The predicted molar refractivity (Wildman–Crippen MR) is 55.9 cm³/mol. The SMILES string of the molecule is CC(O)CC(C)Nc1ncc(N)s1. The van der Waals surface area contributed by atoms with Gasteiger partial charge in [-0.2, -0.15) is 0 Å². The fourth-order valence-corrected chi connectivity index (χ4v) is 1.83. The molecule has 5 heteroatoms. The first kappa shape index (κ1) is 10.3. The van der Waals surface area contributed by atoms with E-state index in [1.54, 1.807) is 13.1 Å². The third-order valence-corrected chi connectivity index (χ3v) is 2.35. The Labute approximate surface area is 81.8 Å². The molecule has 2 unspecified atom stereocenters. The lowest BCUT2D eigenvalue weighted by Gasteiger charge is -2.13. The van der Waals surface area contributed by atoms with Gasteiger partial charge in [-0.3, -0.25) is 0 Å². The van der Waals surface area contributed by atoms with Crippen molar-refractivity contribution in [2.45, 2.75) is 32.4 Å². The molecule has 4 nitrogen and oxygen atoms in total. The largest absolute Gasteiger partial charge is 0.393 e. The highest BCUT2D eigenvalue weighted by atomic mass is 32.1. The van der Waals surface area contributed by atoms with Crippen LogP contribution in [-0.2, 0) is 0 Å². The maximum absolute atomic E-state index is 9.12. The molecule has 0 aliphatic rings. The van der Waals surface area contributed by atoms with E-state index in [1.165, 1.54) is 11.3 Å². The Kier molecular flexibility index (Phi) is 3.50. The highest BCUT2D eigenvalue weighted by Crippen LogP contribution is 2.20. The normalized spacial score (nSPS) is 15.3. The van der Waals surface area contributed by atoms with Crippen LogP contribution in [0.1, 0.15) is 20.3 Å². The Hall–Kier alpha value is -0.810. The summed E-state index contributed by atoms with van der Waals surface area (Å²) in [5, 5.41) is 13.8. The number of aromatic nitrogens is 1. The molecule has 0 amide bonds. The third-order valence-electron chi connectivity index (χ3n) is 1.59. The zero-order chi connectivity index (χ0) is 9.84. The van der Waals surface area contributed by atoms with Gasteiger partial charge in [-0.25, -0.2) is 4.98 Å². The van der Waals surface area contributed by atoms with E-state index in [9.17, 15) is 0 Å². The van der Waals surface area contributed by atoms with Gasteiger partial charge in [-0.05, 0) is 20.3 Å². The summed E-state index contributed by atoms with van der Waals surface area (Å²) in [6.07, 6.45) is 2.04. The van der Waals surface area contributed by atoms with Crippen LogP contribution in [-0.4, -0.2) is 22.2 Å². The number of rotatable bonds is 4. The van der Waals surface area contributed by atoms with Gasteiger partial charge in [0.1, 0.15) is 5.00 Å². The minimum Gasteiger partial charge on any atom is -0.393 e. The fraction of sp³-hybridized carbons (Fsp3) is 0.625. The van der Waals surface area contributed by atoms with E-state index in [-0.39, 0.29) is 12.1 Å². The molecule has 0 saturated carbocycles. The van der Waals surface area contributed by atoms with Gasteiger partial charge in [0, 0.05) is 6.04 Å². The van der Waals surface area contributed by atoms with Crippen LogP contribution in [0.3, 0.4) is 0 Å². The van der Waals surface area contributed by atoms with Crippen LogP contribution < -0.4 is 11.1 Å². The van der Waals surface area contributed by atoms with Crippen molar-refractivity contribution < 1.29 is 5.11 Å². The van der Waals surface area contributed by atoms with Crippen molar-refractivity contribution in [2.75, 3.05) is 11.1 Å². The Balaban J connectivity index is 2.40. The van der Waals surface area contributed by atoms with Crippen LogP contribution in [0.5, 0.6) is 0 Å². The monoisotopic (exact) mass is 201 g/mol. The van der Waals surface area contributed by atoms with Crippen molar-refractivity contribution in [1.82, 2.24) is 4.98 Å². The summed E-state index contributed by atoms with van der Waals surface area (Å²) in [6.45, 7) is 3.78.